The molecule has 0 saturated heterocycles. The van der Waals surface area contributed by atoms with E-state index in [1.807, 2.05) is 20.8 Å². The summed E-state index contributed by atoms with van der Waals surface area (Å²) in [5.41, 5.74) is 0. The molecule has 3 unspecified atom stereocenters. The summed E-state index contributed by atoms with van der Waals surface area (Å²) in [5.74, 6) is 0.0590. The zero-order valence-corrected chi connectivity index (χ0v) is 13.2. The molecule has 0 aromatic rings. The van der Waals surface area contributed by atoms with E-state index >= 15 is 0 Å². The molecule has 0 radical (unpaired) electrons. The first kappa shape index (κ1) is 16.6. The van der Waals surface area contributed by atoms with E-state index in [0.29, 0.717) is 19.4 Å². The Morgan fingerprint density at radius 2 is 1.95 bits per heavy atom. The molecule has 0 amide bonds. The normalized spacial score (nSPS) is 26.4. The molecule has 0 aromatic heterocycles. The van der Waals surface area contributed by atoms with E-state index in [9.17, 15) is 13.2 Å². The van der Waals surface area contributed by atoms with Crippen molar-refractivity contribution < 1.29 is 17.9 Å². The lowest BCUT2D eigenvalue weighted by molar-refractivity contribution is -0.138. The third-order valence-corrected chi connectivity index (χ3v) is 5.51. The Morgan fingerprint density at radius 1 is 1.32 bits per heavy atom. The minimum atomic E-state index is -3.04. The molecule has 0 heterocycles. The van der Waals surface area contributed by atoms with Gasteiger partial charge in [-0.05, 0) is 32.1 Å². The first-order valence-electron chi connectivity index (χ1n) is 7.11. The Hall–Kier alpha value is -0.420. The van der Waals surface area contributed by atoms with Crippen molar-refractivity contribution in [1.82, 2.24) is 0 Å². The van der Waals surface area contributed by atoms with Gasteiger partial charge in [-0.2, -0.15) is 0 Å². The van der Waals surface area contributed by atoms with Crippen molar-refractivity contribution in [3.8, 4) is 0 Å². The molecule has 1 saturated carbocycles. The van der Waals surface area contributed by atoms with Gasteiger partial charge >= 0.3 is 0 Å². The summed E-state index contributed by atoms with van der Waals surface area (Å²) >= 11 is 0. The van der Waals surface area contributed by atoms with Gasteiger partial charge in [0.25, 0.3) is 0 Å². The fourth-order valence-electron chi connectivity index (χ4n) is 2.81. The summed E-state index contributed by atoms with van der Waals surface area (Å²) in [6.07, 6.45) is 3.63. The highest BCUT2D eigenvalue weighted by molar-refractivity contribution is 7.91. The number of carbonyl (C=O) groups excluding carboxylic acids is 1. The molecular formula is C14H26O4S. The fraction of sp³-hybridized carbons (Fsp3) is 0.929. The third kappa shape index (κ3) is 4.56. The molecule has 5 heteroatoms. The molecule has 0 bridgehead atoms. The van der Waals surface area contributed by atoms with E-state index in [1.54, 1.807) is 0 Å². The van der Waals surface area contributed by atoms with Crippen LogP contribution in [0, 0.1) is 11.8 Å². The van der Waals surface area contributed by atoms with Crippen LogP contribution in [0.1, 0.15) is 46.5 Å². The van der Waals surface area contributed by atoms with Crippen LogP contribution in [0.15, 0.2) is 0 Å². The SMILES string of the molecule is CCOC(C(=O)C1CCCC(S(C)(=O)=O)C1)C(C)C. The van der Waals surface area contributed by atoms with Crippen LogP contribution >= 0.6 is 0 Å². The van der Waals surface area contributed by atoms with E-state index in [1.165, 1.54) is 6.26 Å². The van der Waals surface area contributed by atoms with Gasteiger partial charge < -0.3 is 4.74 Å². The average Bonchev–Trinajstić information content (AvgIpc) is 2.34. The largest absolute Gasteiger partial charge is 0.370 e. The Bertz CT molecular complexity index is 400. The smallest absolute Gasteiger partial charge is 0.164 e. The van der Waals surface area contributed by atoms with E-state index in [2.05, 4.69) is 0 Å². The van der Waals surface area contributed by atoms with Crippen LogP contribution in [0.4, 0.5) is 0 Å². The predicted molar refractivity (Wildman–Crippen MR) is 75.8 cm³/mol. The molecule has 0 N–H and O–H groups in total. The number of hydrogen-bond acceptors (Lipinski definition) is 4. The first-order chi connectivity index (χ1) is 8.77. The summed E-state index contributed by atoms with van der Waals surface area (Å²) in [6.45, 7) is 6.32. The highest BCUT2D eigenvalue weighted by Gasteiger charge is 2.36. The summed E-state index contributed by atoms with van der Waals surface area (Å²) in [5, 5.41) is -0.357. The maximum absolute atomic E-state index is 12.5. The highest BCUT2D eigenvalue weighted by atomic mass is 32.2. The van der Waals surface area contributed by atoms with Gasteiger partial charge in [0.2, 0.25) is 0 Å². The van der Waals surface area contributed by atoms with Crippen molar-refractivity contribution in [2.45, 2.75) is 57.8 Å². The van der Waals surface area contributed by atoms with Gasteiger partial charge in [-0.1, -0.05) is 20.3 Å². The quantitative estimate of drug-likeness (QED) is 0.752. The van der Waals surface area contributed by atoms with Gasteiger partial charge in [0.05, 0.1) is 5.25 Å². The Morgan fingerprint density at radius 3 is 2.42 bits per heavy atom. The van der Waals surface area contributed by atoms with Gasteiger partial charge in [0.1, 0.15) is 15.9 Å². The van der Waals surface area contributed by atoms with Crippen LogP contribution in [-0.2, 0) is 19.4 Å². The van der Waals surface area contributed by atoms with Crippen molar-refractivity contribution in [3.05, 3.63) is 0 Å². The Balaban J connectivity index is 2.75. The molecule has 1 aliphatic carbocycles. The minimum absolute atomic E-state index is 0.0881. The summed E-state index contributed by atoms with van der Waals surface area (Å²) in [7, 11) is -3.04. The number of Topliss-reactive ketones (excluding diaryl/α,β-unsaturated/α-hetero) is 1. The van der Waals surface area contributed by atoms with Crippen molar-refractivity contribution in [2.75, 3.05) is 12.9 Å². The van der Waals surface area contributed by atoms with Gasteiger partial charge in [-0.15, -0.1) is 0 Å². The molecular weight excluding hydrogens is 264 g/mol. The van der Waals surface area contributed by atoms with Crippen LogP contribution in [0.3, 0.4) is 0 Å². The van der Waals surface area contributed by atoms with Crippen molar-refractivity contribution in [3.63, 3.8) is 0 Å². The predicted octanol–water partition coefficient (Wildman–Crippen LogP) is 2.22. The molecule has 0 aliphatic heterocycles. The van der Waals surface area contributed by atoms with E-state index in [0.717, 1.165) is 12.8 Å². The molecule has 112 valence electrons. The number of hydrogen-bond donors (Lipinski definition) is 0. The second kappa shape index (κ2) is 6.84. The summed E-state index contributed by atoms with van der Waals surface area (Å²) in [4.78, 5) is 12.5. The van der Waals surface area contributed by atoms with Crippen molar-refractivity contribution in [2.24, 2.45) is 11.8 Å². The molecule has 1 rings (SSSR count). The molecule has 3 atom stereocenters. The Kier molecular flexibility index (Phi) is 5.99. The van der Waals surface area contributed by atoms with Crippen molar-refractivity contribution >= 4 is 15.6 Å². The summed E-state index contributed by atoms with van der Waals surface area (Å²) < 4.78 is 28.8. The van der Waals surface area contributed by atoms with E-state index in [-0.39, 0.29) is 22.9 Å². The highest BCUT2D eigenvalue weighted by Crippen LogP contribution is 2.31. The van der Waals surface area contributed by atoms with Gasteiger partial charge in [0, 0.05) is 18.8 Å². The number of rotatable bonds is 6. The van der Waals surface area contributed by atoms with Crippen LogP contribution in [-0.4, -0.2) is 38.4 Å². The molecule has 1 aliphatic rings. The number of ketones is 1. The number of carbonyl (C=O) groups is 1. The van der Waals surface area contributed by atoms with Crippen LogP contribution < -0.4 is 0 Å². The lowest BCUT2D eigenvalue weighted by Gasteiger charge is -2.30. The molecule has 19 heavy (non-hydrogen) atoms. The summed E-state index contributed by atoms with van der Waals surface area (Å²) in [6, 6.07) is 0. The zero-order valence-electron chi connectivity index (χ0n) is 12.4. The second-order valence-corrected chi connectivity index (χ2v) is 8.16. The topological polar surface area (TPSA) is 60.4 Å². The number of sulfone groups is 1. The Labute approximate surface area is 116 Å². The maximum atomic E-state index is 12.5. The molecule has 0 aromatic carbocycles. The zero-order chi connectivity index (χ0) is 14.6. The van der Waals surface area contributed by atoms with E-state index < -0.39 is 15.9 Å². The lowest BCUT2D eigenvalue weighted by Crippen LogP contribution is -2.39. The van der Waals surface area contributed by atoms with Gasteiger partial charge in [0.15, 0.2) is 5.78 Å². The molecule has 0 spiro atoms. The van der Waals surface area contributed by atoms with Crippen LogP contribution in [0.5, 0.6) is 0 Å². The second-order valence-electron chi connectivity index (χ2n) is 5.84. The monoisotopic (exact) mass is 290 g/mol. The average molecular weight is 290 g/mol. The minimum Gasteiger partial charge on any atom is -0.370 e. The molecule has 1 fully saturated rings. The fourth-order valence-corrected chi connectivity index (χ4v) is 3.98. The lowest BCUT2D eigenvalue weighted by atomic mass is 9.82. The van der Waals surface area contributed by atoms with E-state index in [4.69, 9.17) is 4.74 Å². The van der Waals surface area contributed by atoms with Gasteiger partial charge in [-0.25, -0.2) is 8.42 Å². The number of ether oxygens (including phenoxy) is 1. The standard InChI is InChI=1S/C14H26O4S/c1-5-18-14(10(2)3)13(15)11-7-6-8-12(9-11)19(4,16)17/h10-12,14H,5-9H2,1-4H3. The van der Waals surface area contributed by atoms with Gasteiger partial charge in [-0.3, -0.25) is 4.79 Å². The third-order valence-electron chi connectivity index (χ3n) is 3.87. The first-order valence-corrected chi connectivity index (χ1v) is 9.07. The van der Waals surface area contributed by atoms with Crippen molar-refractivity contribution in [1.29, 1.82) is 0 Å². The maximum Gasteiger partial charge on any atom is 0.164 e. The molecule has 4 nitrogen and oxygen atoms in total. The van der Waals surface area contributed by atoms with Crippen LogP contribution in [0.25, 0.3) is 0 Å². The van der Waals surface area contributed by atoms with Crippen LogP contribution in [0.2, 0.25) is 0 Å².